The summed E-state index contributed by atoms with van der Waals surface area (Å²) in [4.78, 5) is 19.5. The Labute approximate surface area is 105 Å². The van der Waals surface area contributed by atoms with Crippen LogP contribution in [0.3, 0.4) is 0 Å². The second-order valence-corrected chi connectivity index (χ2v) is 4.33. The lowest BCUT2D eigenvalue weighted by molar-refractivity contribution is -0.159. The topological polar surface area (TPSA) is 54.1 Å². The minimum atomic E-state index is -0.850. The highest BCUT2D eigenvalue weighted by Crippen LogP contribution is 2.34. The van der Waals surface area contributed by atoms with Gasteiger partial charge >= 0.3 is 5.97 Å². The van der Waals surface area contributed by atoms with Crippen LogP contribution in [0.15, 0.2) is 24.3 Å². The van der Waals surface area contributed by atoms with Crippen LogP contribution in [0, 0.1) is 6.57 Å². The van der Waals surface area contributed by atoms with Crippen molar-refractivity contribution in [1.82, 2.24) is 5.06 Å². The molecule has 0 bridgehead atoms. The Morgan fingerprint density at radius 1 is 1.56 bits per heavy atom. The van der Waals surface area contributed by atoms with Crippen molar-refractivity contribution >= 4 is 11.7 Å². The summed E-state index contributed by atoms with van der Waals surface area (Å²) in [6, 6.07) is 7.36. The van der Waals surface area contributed by atoms with Crippen LogP contribution in [0.1, 0.15) is 24.4 Å². The first-order valence-electron chi connectivity index (χ1n) is 5.69. The standard InChI is InChI=1S/C13H14N2O3/c1-14-10-5-3-9(4-6-10)12-7-11(8-13(16)17)18-15(12)2/h3-6,11-12H,7-8H2,2H3,(H,16,17). The smallest absolute Gasteiger partial charge is 0.306 e. The second-order valence-electron chi connectivity index (χ2n) is 4.33. The molecule has 94 valence electrons. The molecule has 2 atom stereocenters. The first kappa shape index (κ1) is 12.6. The van der Waals surface area contributed by atoms with Crippen LogP contribution >= 0.6 is 0 Å². The van der Waals surface area contributed by atoms with Crippen molar-refractivity contribution in [1.29, 1.82) is 0 Å². The van der Waals surface area contributed by atoms with Crippen LogP contribution in [0.5, 0.6) is 0 Å². The molecule has 1 heterocycles. The van der Waals surface area contributed by atoms with Crippen LogP contribution < -0.4 is 0 Å². The molecule has 1 aliphatic rings. The molecular formula is C13H14N2O3. The Balaban J connectivity index is 2.09. The first-order chi connectivity index (χ1) is 8.60. The van der Waals surface area contributed by atoms with Gasteiger partial charge in [-0.25, -0.2) is 4.85 Å². The molecule has 1 fully saturated rings. The summed E-state index contributed by atoms with van der Waals surface area (Å²) in [5, 5.41) is 10.4. The van der Waals surface area contributed by atoms with E-state index >= 15 is 0 Å². The number of hydrogen-bond acceptors (Lipinski definition) is 3. The third-order valence-corrected chi connectivity index (χ3v) is 3.05. The molecule has 5 nitrogen and oxygen atoms in total. The summed E-state index contributed by atoms with van der Waals surface area (Å²) in [7, 11) is 1.80. The number of aliphatic carboxylic acids is 1. The fraction of sp³-hybridized carbons (Fsp3) is 0.385. The molecule has 0 radical (unpaired) electrons. The summed E-state index contributed by atoms with van der Waals surface area (Å²) in [5.74, 6) is -0.850. The van der Waals surface area contributed by atoms with Crippen molar-refractivity contribution in [3.05, 3.63) is 41.2 Å². The van der Waals surface area contributed by atoms with Gasteiger partial charge in [-0.2, -0.15) is 5.06 Å². The van der Waals surface area contributed by atoms with E-state index in [0.29, 0.717) is 12.1 Å². The molecule has 1 saturated heterocycles. The highest BCUT2D eigenvalue weighted by molar-refractivity contribution is 5.67. The monoisotopic (exact) mass is 246 g/mol. The number of carboxylic acids is 1. The average molecular weight is 246 g/mol. The molecule has 2 unspecified atom stereocenters. The molecule has 1 aromatic carbocycles. The first-order valence-corrected chi connectivity index (χ1v) is 5.69. The van der Waals surface area contributed by atoms with Gasteiger partial charge in [0.05, 0.1) is 25.1 Å². The number of rotatable bonds is 3. The van der Waals surface area contributed by atoms with Gasteiger partial charge in [-0.3, -0.25) is 9.63 Å². The van der Waals surface area contributed by atoms with Crippen LogP contribution in [-0.2, 0) is 9.63 Å². The van der Waals surface area contributed by atoms with Gasteiger partial charge < -0.3 is 5.11 Å². The number of nitrogens with zero attached hydrogens (tertiary/aromatic N) is 2. The minimum Gasteiger partial charge on any atom is -0.481 e. The van der Waals surface area contributed by atoms with Crippen molar-refractivity contribution in [2.75, 3.05) is 7.05 Å². The zero-order valence-electron chi connectivity index (χ0n) is 10.0. The van der Waals surface area contributed by atoms with E-state index in [-0.39, 0.29) is 18.6 Å². The Morgan fingerprint density at radius 2 is 2.22 bits per heavy atom. The maximum atomic E-state index is 10.7. The van der Waals surface area contributed by atoms with Gasteiger partial charge in [0.15, 0.2) is 5.69 Å². The predicted octanol–water partition coefficient (Wildman–Crippen LogP) is 2.39. The summed E-state index contributed by atoms with van der Waals surface area (Å²) in [6.07, 6.45) is 0.388. The summed E-state index contributed by atoms with van der Waals surface area (Å²) in [6.45, 7) is 6.90. The molecule has 0 aliphatic carbocycles. The summed E-state index contributed by atoms with van der Waals surface area (Å²) in [5.41, 5.74) is 1.64. The molecule has 18 heavy (non-hydrogen) atoms. The van der Waals surface area contributed by atoms with E-state index in [2.05, 4.69) is 4.85 Å². The maximum absolute atomic E-state index is 10.7. The van der Waals surface area contributed by atoms with E-state index in [1.807, 2.05) is 12.1 Å². The minimum absolute atomic E-state index is 0.0149. The van der Waals surface area contributed by atoms with Crippen molar-refractivity contribution in [3.8, 4) is 0 Å². The summed E-state index contributed by atoms with van der Waals surface area (Å²) < 4.78 is 0. The lowest BCUT2D eigenvalue weighted by atomic mass is 10.0. The van der Waals surface area contributed by atoms with Gasteiger partial charge in [-0.15, -0.1) is 0 Å². The third kappa shape index (κ3) is 2.67. The molecule has 0 amide bonds. The third-order valence-electron chi connectivity index (χ3n) is 3.05. The lowest BCUT2D eigenvalue weighted by Gasteiger charge is -2.17. The Morgan fingerprint density at radius 3 is 2.78 bits per heavy atom. The SMILES string of the molecule is [C-]#[N+]c1ccc(C2CC(CC(=O)O)ON2C)cc1. The molecule has 0 aromatic heterocycles. The van der Waals surface area contributed by atoms with E-state index in [1.165, 1.54) is 0 Å². The predicted molar refractivity (Wildman–Crippen MR) is 65.0 cm³/mol. The van der Waals surface area contributed by atoms with Crippen molar-refractivity contribution in [2.45, 2.75) is 25.0 Å². The van der Waals surface area contributed by atoms with Crippen LogP contribution in [0.25, 0.3) is 4.85 Å². The van der Waals surface area contributed by atoms with E-state index in [9.17, 15) is 4.79 Å². The fourth-order valence-corrected chi connectivity index (χ4v) is 2.18. The van der Waals surface area contributed by atoms with Gasteiger partial charge in [0.25, 0.3) is 0 Å². The Bertz CT molecular complexity index is 478. The van der Waals surface area contributed by atoms with Gasteiger partial charge in [0, 0.05) is 7.05 Å². The van der Waals surface area contributed by atoms with Gasteiger partial charge in [-0.1, -0.05) is 24.3 Å². The van der Waals surface area contributed by atoms with E-state index < -0.39 is 5.97 Å². The highest BCUT2D eigenvalue weighted by atomic mass is 16.7. The molecular weight excluding hydrogens is 232 g/mol. The number of carbonyl (C=O) groups is 1. The summed E-state index contributed by atoms with van der Waals surface area (Å²) >= 11 is 0. The quantitative estimate of drug-likeness (QED) is 0.832. The van der Waals surface area contributed by atoms with Crippen molar-refractivity contribution in [3.63, 3.8) is 0 Å². The van der Waals surface area contributed by atoms with Gasteiger partial charge in [0.2, 0.25) is 0 Å². The Hall–Kier alpha value is -1.90. The van der Waals surface area contributed by atoms with Gasteiger partial charge in [0.1, 0.15) is 0 Å². The molecule has 0 saturated carbocycles. The highest BCUT2D eigenvalue weighted by Gasteiger charge is 2.33. The molecule has 1 aliphatic heterocycles. The largest absolute Gasteiger partial charge is 0.481 e. The Kier molecular flexibility index (Phi) is 3.60. The number of hydroxylamine groups is 2. The van der Waals surface area contributed by atoms with Crippen LogP contribution in [0.2, 0.25) is 0 Å². The molecule has 1 N–H and O–H groups in total. The van der Waals surface area contributed by atoms with Crippen LogP contribution in [-0.4, -0.2) is 29.3 Å². The average Bonchev–Trinajstić information content (AvgIpc) is 2.69. The zero-order valence-corrected chi connectivity index (χ0v) is 10.0. The normalized spacial score (nSPS) is 23.8. The lowest BCUT2D eigenvalue weighted by Crippen LogP contribution is -2.18. The molecule has 2 rings (SSSR count). The molecule has 1 aromatic rings. The van der Waals surface area contributed by atoms with Crippen molar-refractivity contribution in [2.24, 2.45) is 0 Å². The maximum Gasteiger partial charge on any atom is 0.306 e. The van der Waals surface area contributed by atoms with Crippen LogP contribution in [0.4, 0.5) is 5.69 Å². The number of benzene rings is 1. The number of carboxylic acid groups (broad SMARTS) is 1. The van der Waals surface area contributed by atoms with E-state index in [1.54, 1.807) is 24.2 Å². The molecule has 5 heteroatoms. The van der Waals surface area contributed by atoms with Gasteiger partial charge in [-0.05, 0) is 12.0 Å². The van der Waals surface area contributed by atoms with E-state index in [0.717, 1.165) is 5.56 Å². The molecule has 0 spiro atoms. The zero-order chi connectivity index (χ0) is 13.1. The van der Waals surface area contributed by atoms with Crippen molar-refractivity contribution < 1.29 is 14.7 Å². The van der Waals surface area contributed by atoms with E-state index in [4.69, 9.17) is 16.5 Å². The number of hydrogen-bond donors (Lipinski definition) is 1. The fourth-order valence-electron chi connectivity index (χ4n) is 2.18. The second kappa shape index (κ2) is 5.17.